The molecule has 0 atom stereocenters. The molecule has 6 heteroatoms. The van der Waals surface area contributed by atoms with E-state index >= 15 is 0 Å². The first kappa shape index (κ1) is 13.5. The largest absolute Gasteiger partial charge is 0.381 e. The molecule has 0 radical (unpaired) electrons. The second kappa shape index (κ2) is 5.40. The number of benzene rings is 1. The fourth-order valence-electron chi connectivity index (χ4n) is 2.03. The average Bonchev–Trinajstić information content (AvgIpc) is 2.28. The second-order valence-electron chi connectivity index (χ2n) is 4.72. The number of ether oxygens (including phenoxy) is 1. The van der Waals surface area contributed by atoms with Crippen molar-refractivity contribution in [2.24, 2.45) is 0 Å². The van der Waals surface area contributed by atoms with Gasteiger partial charge in [-0.3, -0.25) is 10.1 Å². The highest BCUT2D eigenvalue weighted by Gasteiger charge is 2.27. The van der Waals surface area contributed by atoms with Crippen LogP contribution in [0.25, 0.3) is 0 Å². The minimum atomic E-state index is -0.359. The van der Waals surface area contributed by atoms with Crippen molar-refractivity contribution in [1.82, 2.24) is 0 Å². The molecular formula is C12H15IN2O3. The molecule has 18 heavy (non-hydrogen) atoms. The van der Waals surface area contributed by atoms with Gasteiger partial charge in [0.1, 0.15) is 0 Å². The third kappa shape index (κ3) is 3.11. The highest BCUT2D eigenvalue weighted by atomic mass is 127. The van der Waals surface area contributed by atoms with Crippen LogP contribution in [0.2, 0.25) is 0 Å². The van der Waals surface area contributed by atoms with Crippen LogP contribution in [0.4, 0.5) is 11.4 Å². The summed E-state index contributed by atoms with van der Waals surface area (Å²) in [6.45, 7) is 3.67. The van der Waals surface area contributed by atoms with Crippen LogP contribution in [0.5, 0.6) is 0 Å². The van der Waals surface area contributed by atoms with Crippen molar-refractivity contribution >= 4 is 34.0 Å². The summed E-state index contributed by atoms with van der Waals surface area (Å²) >= 11 is 1.99. The molecule has 0 aromatic heterocycles. The van der Waals surface area contributed by atoms with Gasteiger partial charge in [0.05, 0.1) is 8.49 Å². The third-order valence-electron chi connectivity index (χ3n) is 3.19. The molecule has 0 unspecified atom stereocenters. The maximum absolute atomic E-state index is 10.7. The van der Waals surface area contributed by atoms with Crippen LogP contribution >= 0.6 is 22.6 Å². The standard InChI is InChI=1S/C12H15IN2O3/c1-12(4-6-18-7-5-12)14-9-2-3-11(15(16)17)10(13)8-9/h2-3,8,14H,4-7H2,1H3. The number of rotatable bonds is 3. The topological polar surface area (TPSA) is 64.4 Å². The first-order chi connectivity index (χ1) is 8.50. The molecule has 1 heterocycles. The molecule has 1 aliphatic rings. The molecule has 0 saturated carbocycles. The summed E-state index contributed by atoms with van der Waals surface area (Å²) < 4.78 is 6.00. The van der Waals surface area contributed by atoms with Crippen LogP contribution in [0.3, 0.4) is 0 Å². The van der Waals surface area contributed by atoms with Crippen LogP contribution in [0.1, 0.15) is 19.8 Å². The Bertz CT molecular complexity index is 459. The molecule has 1 aliphatic heterocycles. The number of anilines is 1. The minimum Gasteiger partial charge on any atom is -0.381 e. The van der Waals surface area contributed by atoms with Crippen LogP contribution in [0.15, 0.2) is 18.2 Å². The third-order valence-corrected chi connectivity index (χ3v) is 4.05. The summed E-state index contributed by atoms with van der Waals surface area (Å²) in [5.74, 6) is 0. The van der Waals surface area contributed by atoms with Crippen molar-refractivity contribution in [3.05, 3.63) is 31.9 Å². The predicted octanol–water partition coefficient (Wildman–Crippen LogP) is 3.18. The lowest BCUT2D eigenvalue weighted by Gasteiger charge is -2.35. The molecule has 0 bridgehead atoms. The number of halogens is 1. The minimum absolute atomic E-state index is 0.0114. The van der Waals surface area contributed by atoms with Gasteiger partial charge in [-0.2, -0.15) is 0 Å². The van der Waals surface area contributed by atoms with Crippen molar-refractivity contribution < 1.29 is 9.66 Å². The zero-order valence-corrected chi connectivity index (χ0v) is 12.3. The average molecular weight is 362 g/mol. The van der Waals surface area contributed by atoms with E-state index in [4.69, 9.17) is 4.74 Å². The van der Waals surface area contributed by atoms with Gasteiger partial charge in [0.15, 0.2) is 0 Å². The van der Waals surface area contributed by atoms with Crippen LogP contribution < -0.4 is 5.32 Å². The van der Waals surface area contributed by atoms with Gasteiger partial charge in [-0.15, -0.1) is 0 Å². The Labute approximate surface area is 119 Å². The highest BCUT2D eigenvalue weighted by molar-refractivity contribution is 14.1. The molecule has 0 aliphatic carbocycles. The molecule has 2 rings (SSSR count). The van der Waals surface area contributed by atoms with E-state index in [9.17, 15) is 10.1 Å². The molecule has 1 aromatic rings. The molecular weight excluding hydrogens is 347 g/mol. The maximum atomic E-state index is 10.7. The van der Waals surface area contributed by atoms with Gasteiger partial charge in [0, 0.05) is 30.5 Å². The summed E-state index contributed by atoms with van der Waals surface area (Å²) in [6.07, 6.45) is 1.89. The monoisotopic (exact) mass is 362 g/mol. The Balaban J connectivity index is 2.14. The molecule has 0 spiro atoms. The van der Waals surface area contributed by atoms with Gasteiger partial charge in [-0.1, -0.05) is 0 Å². The van der Waals surface area contributed by atoms with Crippen molar-refractivity contribution in [2.45, 2.75) is 25.3 Å². The van der Waals surface area contributed by atoms with E-state index in [1.807, 2.05) is 28.7 Å². The first-order valence-electron chi connectivity index (χ1n) is 5.80. The van der Waals surface area contributed by atoms with E-state index < -0.39 is 0 Å². The lowest BCUT2D eigenvalue weighted by molar-refractivity contribution is -0.385. The molecule has 1 saturated heterocycles. The summed E-state index contributed by atoms with van der Waals surface area (Å²) in [6, 6.07) is 5.13. The SMILES string of the molecule is CC1(Nc2ccc([N+](=O)[O-])c(I)c2)CCOCC1. The molecule has 1 fully saturated rings. The maximum Gasteiger partial charge on any atom is 0.282 e. The Morgan fingerprint density at radius 1 is 1.44 bits per heavy atom. The summed E-state index contributed by atoms with van der Waals surface area (Å²) in [5.41, 5.74) is 1.09. The van der Waals surface area contributed by atoms with Gasteiger partial charge >= 0.3 is 0 Å². The summed E-state index contributed by atoms with van der Waals surface area (Å²) in [7, 11) is 0. The fraction of sp³-hybridized carbons (Fsp3) is 0.500. The lowest BCUT2D eigenvalue weighted by atomic mass is 9.92. The van der Waals surface area contributed by atoms with E-state index in [2.05, 4.69) is 12.2 Å². The van der Waals surface area contributed by atoms with Crippen LogP contribution in [-0.2, 0) is 4.74 Å². The molecule has 0 amide bonds. The number of hydrogen-bond acceptors (Lipinski definition) is 4. The number of nitro groups is 1. The summed E-state index contributed by atoms with van der Waals surface area (Å²) in [4.78, 5) is 10.4. The number of nitrogens with one attached hydrogen (secondary N) is 1. The van der Waals surface area contributed by atoms with Crippen LogP contribution in [-0.4, -0.2) is 23.7 Å². The zero-order valence-electron chi connectivity index (χ0n) is 10.1. The van der Waals surface area contributed by atoms with Gasteiger partial charge in [-0.25, -0.2) is 0 Å². The smallest absolute Gasteiger partial charge is 0.282 e. The van der Waals surface area contributed by atoms with Gasteiger partial charge in [-0.05, 0) is 54.5 Å². The molecule has 1 aromatic carbocycles. The van der Waals surface area contributed by atoms with E-state index in [-0.39, 0.29) is 16.1 Å². The number of hydrogen-bond donors (Lipinski definition) is 1. The summed E-state index contributed by atoms with van der Waals surface area (Å²) in [5, 5.41) is 14.2. The van der Waals surface area contributed by atoms with Gasteiger partial charge < -0.3 is 10.1 Å². The number of nitrogens with zero attached hydrogens (tertiary/aromatic N) is 1. The fourth-order valence-corrected chi connectivity index (χ4v) is 2.74. The Morgan fingerprint density at radius 2 is 2.11 bits per heavy atom. The molecule has 98 valence electrons. The lowest BCUT2D eigenvalue weighted by Crippen LogP contribution is -2.40. The zero-order chi connectivity index (χ0) is 13.2. The molecule has 1 N–H and O–H groups in total. The van der Waals surface area contributed by atoms with E-state index in [0.717, 1.165) is 31.7 Å². The van der Waals surface area contributed by atoms with Gasteiger partial charge in [0.2, 0.25) is 0 Å². The van der Waals surface area contributed by atoms with Crippen molar-refractivity contribution in [1.29, 1.82) is 0 Å². The second-order valence-corrected chi connectivity index (χ2v) is 5.88. The quantitative estimate of drug-likeness (QED) is 0.510. The first-order valence-corrected chi connectivity index (χ1v) is 6.88. The van der Waals surface area contributed by atoms with Crippen molar-refractivity contribution in [3.8, 4) is 0 Å². The van der Waals surface area contributed by atoms with Crippen molar-refractivity contribution in [2.75, 3.05) is 18.5 Å². The van der Waals surface area contributed by atoms with E-state index in [1.165, 1.54) is 0 Å². The Morgan fingerprint density at radius 3 is 2.67 bits per heavy atom. The Hall–Kier alpha value is -0.890. The van der Waals surface area contributed by atoms with Crippen LogP contribution in [0, 0.1) is 13.7 Å². The number of nitro benzene ring substituents is 1. The van der Waals surface area contributed by atoms with E-state index in [0.29, 0.717) is 3.57 Å². The highest BCUT2D eigenvalue weighted by Crippen LogP contribution is 2.29. The molecule has 5 nitrogen and oxygen atoms in total. The van der Waals surface area contributed by atoms with Gasteiger partial charge in [0.25, 0.3) is 5.69 Å². The predicted molar refractivity (Wildman–Crippen MR) is 77.9 cm³/mol. The Kier molecular flexibility index (Phi) is 4.06. The van der Waals surface area contributed by atoms with Crippen molar-refractivity contribution in [3.63, 3.8) is 0 Å². The normalized spacial score (nSPS) is 18.3. The van der Waals surface area contributed by atoms with E-state index in [1.54, 1.807) is 12.1 Å².